The number of carbonyl (C=O) groups excluding carboxylic acids is 2. The Bertz CT molecular complexity index is 555. The summed E-state index contributed by atoms with van der Waals surface area (Å²) in [4.78, 5) is 23.6. The van der Waals surface area contributed by atoms with E-state index in [-0.39, 0.29) is 30.9 Å². The maximum absolute atomic E-state index is 12.3. The fourth-order valence-corrected chi connectivity index (χ4v) is 3.76. The van der Waals surface area contributed by atoms with Gasteiger partial charge in [0.05, 0.1) is 12.2 Å². The van der Waals surface area contributed by atoms with E-state index in [2.05, 4.69) is 26.8 Å². The summed E-state index contributed by atoms with van der Waals surface area (Å²) in [7, 11) is 1.70. The zero-order chi connectivity index (χ0) is 20.7. The average molecular weight is 397 g/mol. The minimum atomic E-state index is -0.675. The molecular formula is C22H36O6. The van der Waals surface area contributed by atoms with E-state index in [1.807, 2.05) is 0 Å². The Balaban J connectivity index is 1.80. The summed E-state index contributed by atoms with van der Waals surface area (Å²) >= 11 is 0. The van der Waals surface area contributed by atoms with Gasteiger partial charge in [0.15, 0.2) is 6.10 Å². The van der Waals surface area contributed by atoms with Gasteiger partial charge in [0.25, 0.3) is 0 Å². The number of rotatable bonds is 8. The molecule has 0 N–H and O–H groups in total. The third-order valence-corrected chi connectivity index (χ3v) is 5.81. The van der Waals surface area contributed by atoms with Crippen LogP contribution in [0, 0.1) is 11.8 Å². The molecule has 1 aliphatic heterocycles. The minimum absolute atomic E-state index is 0.0375. The Morgan fingerprint density at radius 2 is 1.96 bits per heavy atom. The van der Waals surface area contributed by atoms with Gasteiger partial charge in [-0.05, 0) is 57.8 Å². The predicted molar refractivity (Wildman–Crippen MR) is 106 cm³/mol. The monoisotopic (exact) mass is 396 g/mol. The third kappa shape index (κ3) is 6.89. The number of allylic oxidation sites excluding steroid dienone is 2. The second-order valence-electron chi connectivity index (χ2n) is 8.36. The van der Waals surface area contributed by atoms with Crippen molar-refractivity contribution in [3.05, 3.63) is 11.6 Å². The Hall–Kier alpha value is -1.40. The largest absolute Gasteiger partial charge is 0.460 e. The van der Waals surface area contributed by atoms with Gasteiger partial charge in [0.2, 0.25) is 0 Å². The lowest BCUT2D eigenvalue weighted by Crippen LogP contribution is -2.41. The highest BCUT2D eigenvalue weighted by molar-refractivity contribution is 5.74. The third-order valence-electron chi connectivity index (χ3n) is 5.81. The summed E-state index contributed by atoms with van der Waals surface area (Å²) in [5.41, 5.74) is 1.40. The molecule has 2 rings (SSSR count). The molecule has 1 saturated heterocycles. The van der Waals surface area contributed by atoms with E-state index in [1.165, 1.54) is 5.57 Å². The second kappa shape index (κ2) is 11.0. The van der Waals surface area contributed by atoms with E-state index in [1.54, 1.807) is 14.0 Å². The van der Waals surface area contributed by atoms with Crippen molar-refractivity contribution in [1.29, 1.82) is 0 Å². The number of methoxy groups -OCH3 is 1. The lowest BCUT2D eigenvalue weighted by molar-refractivity contribution is -0.176. The fourth-order valence-electron chi connectivity index (χ4n) is 3.76. The van der Waals surface area contributed by atoms with Gasteiger partial charge in [0, 0.05) is 13.5 Å². The summed E-state index contributed by atoms with van der Waals surface area (Å²) in [5.74, 6) is 0.385. The molecule has 0 radical (unpaired) electrons. The SMILES string of the molecule is CO[C@@H]1CC(/C=C(\C)C(C)C)CCC1OC(C)C(=O)OCC1CCCC(=O)O1. The smallest absolute Gasteiger partial charge is 0.335 e. The zero-order valence-electron chi connectivity index (χ0n) is 17.9. The van der Waals surface area contributed by atoms with Crippen molar-refractivity contribution in [3.8, 4) is 0 Å². The molecule has 0 spiro atoms. The molecule has 2 aliphatic rings. The second-order valence-corrected chi connectivity index (χ2v) is 8.36. The molecule has 5 atom stereocenters. The Morgan fingerprint density at radius 3 is 2.61 bits per heavy atom. The molecule has 160 valence electrons. The Morgan fingerprint density at radius 1 is 1.21 bits per heavy atom. The van der Waals surface area contributed by atoms with Gasteiger partial charge in [-0.1, -0.05) is 25.5 Å². The van der Waals surface area contributed by atoms with Gasteiger partial charge < -0.3 is 18.9 Å². The van der Waals surface area contributed by atoms with Gasteiger partial charge in [-0.25, -0.2) is 4.79 Å². The van der Waals surface area contributed by atoms with E-state index < -0.39 is 12.1 Å². The van der Waals surface area contributed by atoms with Crippen molar-refractivity contribution in [2.75, 3.05) is 13.7 Å². The van der Waals surface area contributed by atoms with E-state index in [0.29, 0.717) is 18.3 Å². The highest BCUT2D eigenvalue weighted by Gasteiger charge is 2.33. The lowest BCUT2D eigenvalue weighted by atomic mass is 9.83. The van der Waals surface area contributed by atoms with Crippen LogP contribution in [0.3, 0.4) is 0 Å². The van der Waals surface area contributed by atoms with E-state index in [4.69, 9.17) is 18.9 Å². The van der Waals surface area contributed by atoms with Crippen molar-refractivity contribution in [1.82, 2.24) is 0 Å². The van der Waals surface area contributed by atoms with Gasteiger partial charge in [-0.3, -0.25) is 4.79 Å². The molecular weight excluding hydrogens is 360 g/mol. The molecule has 0 aromatic carbocycles. The molecule has 0 amide bonds. The molecule has 6 heteroatoms. The van der Waals surface area contributed by atoms with Crippen molar-refractivity contribution < 1.29 is 28.5 Å². The highest BCUT2D eigenvalue weighted by atomic mass is 16.6. The average Bonchev–Trinajstić information content (AvgIpc) is 2.67. The number of carbonyl (C=O) groups is 2. The summed E-state index contributed by atoms with van der Waals surface area (Å²) in [6.45, 7) is 8.39. The Labute approximate surface area is 168 Å². The predicted octanol–water partition coefficient (Wildman–Crippen LogP) is 3.82. The van der Waals surface area contributed by atoms with Crippen LogP contribution in [0.2, 0.25) is 0 Å². The molecule has 0 aromatic heterocycles. The maximum Gasteiger partial charge on any atom is 0.335 e. The molecule has 0 aromatic rings. The van der Waals surface area contributed by atoms with Crippen molar-refractivity contribution in [3.63, 3.8) is 0 Å². The standard InChI is InChI=1S/C22H36O6/c1-14(2)15(3)11-17-9-10-19(20(12-17)25-5)27-16(4)22(24)26-13-18-7-6-8-21(23)28-18/h11,14,16-20H,6-10,12-13H2,1-5H3/b15-11+/t16?,17?,18?,19?,20-/m1/s1. The van der Waals surface area contributed by atoms with Gasteiger partial charge in [-0.15, -0.1) is 0 Å². The number of ether oxygens (including phenoxy) is 4. The van der Waals surface area contributed by atoms with Gasteiger partial charge >= 0.3 is 11.9 Å². The van der Waals surface area contributed by atoms with Crippen LogP contribution < -0.4 is 0 Å². The number of esters is 2. The van der Waals surface area contributed by atoms with Gasteiger partial charge in [0.1, 0.15) is 12.7 Å². The Kier molecular flexibility index (Phi) is 8.96. The summed E-state index contributed by atoms with van der Waals surface area (Å²) in [5, 5.41) is 0. The zero-order valence-corrected chi connectivity index (χ0v) is 17.9. The highest BCUT2D eigenvalue weighted by Crippen LogP contribution is 2.31. The van der Waals surface area contributed by atoms with Crippen molar-refractivity contribution in [2.45, 2.75) is 90.6 Å². The summed E-state index contributed by atoms with van der Waals surface area (Å²) in [6, 6.07) is 0. The van der Waals surface area contributed by atoms with Crippen LogP contribution in [0.1, 0.15) is 66.2 Å². The number of hydrogen-bond acceptors (Lipinski definition) is 6. The molecule has 0 bridgehead atoms. The van der Waals surface area contributed by atoms with Crippen LogP contribution in [0.15, 0.2) is 11.6 Å². The van der Waals surface area contributed by atoms with E-state index >= 15 is 0 Å². The molecule has 6 nitrogen and oxygen atoms in total. The molecule has 1 heterocycles. The van der Waals surface area contributed by atoms with Gasteiger partial charge in [-0.2, -0.15) is 0 Å². The minimum Gasteiger partial charge on any atom is -0.460 e. The molecule has 28 heavy (non-hydrogen) atoms. The first kappa shape index (κ1) is 22.9. The van der Waals surface area contributed by atoms with Crippen molar-refractivity contribution in [2.24, 2.45) is 11.8 Å². The summed E-state index contributed by atoms with van der Waals surface area (Å²) < 4.78 is 22.1. The fraction of sp³-hybridized carbons (Fsp3) is 0.818. The molecule has 2 fully saturated rings. The molecule has 1 aliphatic carbocycles. The van der Waals surface area contributed by atoms with Crippen LogP contribution in [0.5, 0.6) is 0 Å². The maximum atomic E-state index is 12.3. The topological polar surface area (TPSA) is 71.1 Å². The first-order chi connectivity index (χ1) is 13.3. The number of hydrogen-bond donors (Lipinski definition) is 0. The summed E-state index contributed by atoms with van der Waals surface area (Å²) in [6.07, 6.45) is 5.90. The van der Waals surface area contributed by atoms with E-state index in [9.17, 15) is 9.59 Å². The van der Waals surface area contributed by atoms with Crippen LogP contribution in [0.25, 0.3) is 0 Å². The normalized spacial score (nSPS) is 30.1. The quantitative estimate of drug-likeness (QED) is 0.459. The lowest BCUT2D eigenvalue weighted by Gasteiger charge is -2.35. The van der Waals surface area contributed by atoms with E-state index in [0.717, 1.165) is 32.1 Å². The van der Waals surface area contributed by atoms with Crippen molar-refractivity contribution >= 4 is 11.9 Å². The van der Waals surface area contributed by atoms with Crippen LogP contribution in [0.4, 0.5) is 0 Å². The molecule has 1 saturated carbocycles. The van der Waals surface area contributed by atoms with Crippen LogP contribution >= 0.6 is 0 Å². The molecule has 4 unspecified atom stereocenters. The first-order valence-electron chi connectivity index (χ1n) is 10.5. The number of cyclic esters (lactones) is 1. The van der Waals surface area contributed by atoms with Crippen LogP contribution in [-0.4, -0.2) is 50.1 Å². The first-order valence-corrected chi connectivity index (χ1v) is 10.5. The van der Waals surface area contributed by atoms with Crippen LogP contribution in [-0.2, 0) is 28.5 Å².